The summed E-state index contributed by atoms with van der Waals surface area (Å²) < 4.78 is 10.5. The zero-order chi connectivity index (χ0) is 14.8. The van der Waals surface area contributed by atoms with Gasteiger partial charge >= 0.3 is 0 Å². The molecule has 0 fully saturated rings. The van der Waals surface area contributed by atoms with Crippen LogP contribution in [0.3, 0.4) is 0 Å². The fourth-order valence-electron chi connectivity index (χ4n) is 2.60. The minimum absolute atomic E-state index is 0.877. The van der Waals surface area contributed by atoms with Crippen molar-refractivity contribution >= 4 is 10.8 Å². The Morgan fingerprint density at radius 3 is 2.00 bits per heavy atom. The second-order valence-corrected chi connectivity index (χ2v) is 5.11. The van der Waals surface area contributed by atoms with Gasteiger partial charge in [0.2, 0.25) is 0 Å². The van der Waals surface area contributed by atoms with E-state index in [1.165, 1.54) is 27.5 Å². The Bertz CT molecular complexity index is 773. The van der Waals surface area contributed by atoms with Gasteiger partial charge in [-0.05, 0) is 64.7 Å². The van der Waals surface area contributed by atoms with Gasteiger partial charge in [0.1, 0.15) is 11.5 Å². The Labute approximate surface area is 124 Å². The van der Waals surface area contributed by atoms with Crippen LogP contribution in [-0.2, 0) is 0 Å². The molecule has 0 aliphatic rings. The summed E-state index contributed by atoms with van der Waals surface area (Å²) in [4.78, 5) is 0. The van der Waals surface area contributed by atoms with Gasteiger partial charge in [-0.15, -0.1) is 0 Å². The van der Waals surface area contributed by atoms with Crippen molar-refractivity contribution in [3.05, 3.63) is 60.2 Å². The molecule has 0 heterocycles. The quantitative estimate of drug-likeness (QED) is 0.683. The third-order valence-electron chi connectivity index (χ3n) is 3.79. The molecule has 106 valence electrons. The van der Waals surface area contributed by atoms with Crippen LogP contribution in [0, 0.1) is 6.92 Å². The van der Waals surface area contributed by atoms with E-state index in [-0.39, 0.29) is 0 Å². The van der Waals surface area contributed by atoms with Gasteiger partial charge in [-0.25, -0.2) is 0 Å². The molecule has 0 amide bonds. The molecule has 0 aromatic heterocycles. The third-order valence-corrected chi connectivity index (χ3v) is 3.79. The number of ether oxygens (including phenoxy) is 2. The van der Waals surface area contributed by atoms with Crippen LogP contribution in [0.15, 0.2) is 54.6 Å². The lowest BCUT2D eigenvalue weighted by Gasteiger charge is -2.10. The first-order valence-corrected chi connectivity index (χ1v) is 6.94. The first kappa shape index (κ1) is 13.5. The molecule has 0 N–H and O–H groups in total. The van der Waals surface area contributed by atoms with E-state index >= 15 is 0 Å². The highest BCUT2D eigenvalue weighted by molar-refractivity contribution is 5.90. The number of aryl methyl sites for hydroxylation is 1. The lowest BCUT2D eigenvalue weighted by molar-refractivity contribution is 0.415. The summed E-state index contributed by atoms with van der Waals surface area (Å²) in [5.74, 6) is 1.76. The molecule has 0 bridgehead atoms. The highest BCUT2D eigenvalue weighted by atomic mass is 16.5. The van der Waals surface area contributed by atoms with Gasteiger partial charge in [-0.1, -0.05) is 24.3 Å². The minimum Gasteiger partial charge on any atom is -0.497 e. The Kier molecular flexibility index (Phi) is 3.53. The monoisotopic (exact) mass is 278 g/mol. The molecule has 0 aliphatic carbocycles. The zero-order valence-corrected chi connectivity index (χ0v) is 12.5. The van der Waals surface area contributed by atoms with Gasteiger partial charge in [0.05, 0.1) is 14.2 Å². The Balaban J connectivity index is 2.11. The lowest BCUT2D eigenvalue weighted by Crippen LogP contribution is -1.87. The number of fused-ring (bicyclic) bond motifs is 1. The topological polar surface area (TPSA) is 18.5 Å². The fourth-order valence-corrected chi connectivity index (χ4v) is 2.60. The lowest BCUT2D eigenvalue weighted by atomic mass is 9.96. The Morgan fingerprint density at radius 2 is 1.33 bits per heavy atom. The summed E-state index contributed by atoms with van der Waals surface area (Å²) >= 11 is 0. The number of benzene rings is 3. The Hall–Kier alpha value is -2.48. The van der Waals surface area contributed by atoms with Crippen LogP contribution < -0.4 is 9.47 Å². The molecule has 0 saturated carbocycles. The average molecular weight is 278 g/mol. The maximum Gasteiger partial charge on any atom is 0.119 e. The molecule has 3 rings (SSSR count). The summed E-state index contributed by atoms with van der Waals surface area (Å²) in [6, 6.07) is 18.8. The maximum atomic E-state index is 5.29. The molecule has 0 saturated heterocycles. The van der Waals surface area contributed by atoms with E-state index in [1.807, 2.05) is 18.2 Å². The summed E-state index contributed by atoms with van der Waals surface area (Å²) in [6.07, 6.45) is 0. The van der Waals surface area contributed by atoms with Crippen molar-refractivity contribution in [2.45, 2.75) is 6.92 Å². The van der Waals surface area contributed by atoms with E-state index < -0.39 is 0 Å². The van der Waals surface area contributed by atoms with Crippen molar-refractivity contribution < 1.29 is 9.47 Å². The first-order chi connectivity index (χ1) is 10.2. The van der Waals surface area contributed by atoms with Crippen LogP contribution in [0.4, 0.5) is 0 Å². The van der Waals surface area contributed by atoms with Crippen LogP contribution in [0.5, 0.6) is 11.5 Å². The predicted molar refractivity (Wildman–Crippen MR) is 87.2 cm³/mol. The number of rotatable bonds is 3. The van der Waals surface area contributed by atoms with Crippen molar-refractivity contribution in [1.29, 1.82) is 0 Å². The maximum absolute atomic E-state index is 5.29. The second kappa shape index (κ2) is 5.49. The van der Waals surface area contributed by atoms with Crippen molar-refractivity contribution in [3.8, 4) is 22.6 Å². The normalized spacial score (nSPS) is 10.6. The van der Waals surface area contributed by atoms with Gasteiger partial charge in [-0.3, -0.25) is 0 Å². The second-order valence-electron chi connectivity index (χ2n) is 5.11. The zero-order valence-electron chi connectivity index (χ0n) is 12.5. The van der Waals surface area contributed by atoms with Gasteiger partial charge in [-0.2, -0.15) is 0 Å². The van der Waals surface area contributed by atoms with E-state index in [2.05, 4.69) is 43.3 Å². The fraction of sp³-hybridized carbons (Fsp3) is 0.158. The molecule has 2 heteroatoms. The van der Waals surface area contributed by atoms with Crippen LogP contribution in [0.1, 0.15) is 5.56 Å². The number of methoxy groups -OCH3 is 2. The SMILES string of the molecule is COc1ccc(-c2cc3ccc(OC)cc3cc2C)cc1. The predicted octanol–water partition coefficient (Wildman–Crippen LogP) is 4.83. The molecule has 2 nitrogen and oxygen atoms in total. The van der Waals surface area contributed by atoms with E-state index in [4.69, 9.17) is 9.47 Å². The van der Waals surface area contributed by atoms with E-state index in [9.17, 15) is 0 Å². The largest absolute Gasteiger partial charge is 0.497 e. The van der Waals surface area contributed by atoms with Gasteiger partial charge in [0, 0.05) is 0 Å². The number of hydrogen-bond acceptors (Lipinski definition) is 2. The minimum atomic E-state index is 0.877. The van der Waals surface area contributed by atoms with Crippen molar-refractivity contribution in [2.24, 2.45) is 0 Å². The summed E-state index contributed by atoms with van der Waals surface area (Å²) in [5, 5.41) is 2.41. The van der Waals surface area contributed by atoms with Crippen molar-refractivity contribution in [1.82, 2.24) is 0 Å². The van der Waals surface area contributed by atoms with Crippen molar-refractivity contribution in [2.75, 3.05) is 14.2 Å². The molecule has 3 aromatic rings. The van der Waals surface area contributed by atoms with Crippen LogP contribution in [0.25, 0.3) is 21.9 Å². The smallest absolute Gasteiger partial charge is 0.119 e. The number of hydrogen-bond donors (Lipinski definition) is 0. The van der Waals surface area contributed by atoms with Crippen LogP contribution in [0.2, 0.25) is 0 Å². The summed E-state index contributed by atoms with van der Waals surface area (Å²) in [6.45, 7) is 2.14. The molecular weight excluding hydrogens is 260 g/mol. The van der Waals surface area contributed by atoms with E-state index in [0.29, 0.717) is 0 Å². The van der Waals surface area contributed by atoms with E-state index in [0.717, 1.165) is 11.5 Å². The standard InChI is InChI=1S/C19H18O2/c1-13-10-16-11-18(21-3)9-6-15(16)12-19(13)14-4-7-17(20-2)8-5-14/h4-12H,1-3H3. The van der Waals surface area contributed by atoms with E-state index in [1.54, 1.807) is 14.2 Å². The molecule has 0 radical (unpaired) electrons. The summed E-state index contributed by atoms with van der Waals surface area (Å²) in [5.41, 5.74) is 3.70. The molecule has 0 atom stereocenters. The molecule has 0 spiro atoms. The Morgan fingerprint density at radius 1 is 0.667 bits per heavy atom. The molecule has 0 unspecified atom stereocenters. The third kappa shape index (κ3) is 2.57. The van der Waals surface area contributed by atoms with Gasteiger partial charge in [0.25, 0.3) is 0 Å². The highest BCUT2D eigenvalue weighted by Crippen LogP contribution is 2.31. The molecular formula is C19H18O2. The van der Waals surface area contributed by atoms with Gasteiger partial charge in [0.15, 0.2) is 0 Å². The van der Waals surface area contributed by atoms with Crippen LogP contribution >= 0.6 is 0 Å². The van der Waals surface area contributed by atoms with Gasteiger partial charge < -0.3 is 9.47 Å². The van der Waals surface area contributed by atoms with Crippen LogP contribution in [-0.4, -0.2) is 14.2 Å². The van der Waals surface area contributed by atoms with Crippen molar-refractivity contribution in [3.63, 3.8) is 0 Å². The highest BCUT2D eigenvalue weighted by Gasteiger charge is 2.05. The molecule has 21 heavy (non-hydrogen) atoms. The summed E-state index contributed by atoms with van der Waals surface area (Å²) in [7, 11) is 3.38. The average Bonchev–Trinajstić information content (AvgIpc) is 2.53. The molecule has 3 aromatic carbocycles. The molecule has 0 aliphatic heterocycles. The first-order valence-electron chi connectivity index (χ1n) is 6.94.